The van der Waals surface area contributed by atoms with Crippen LogP contribution in [0.5, 0.6) is 17.2 Å². The molecule has 21 atom stereocenters. The molecule has 2 aromatic carbocycles. The number of alkyl carbamates (subject to hydrolysis) is 2. The number of nitrogens with zero attached hydrogens (tertiary/aromatic N) is 4. The monoisotopic (exact) mass is 2310 g/mol. The molecule has 2 aliphatic carbocycles. The number of primary amides is 1. The lowest BCUT2D eigenvalue weighted by Gasteiger charge is -2.47. The number of fused-ring (bicyclic) bond motifs is 2. The minimum Gasteiger partial charge on any atom is -0.492 e. The first-order valence-electron chi connectivity index (χ1n) is 49.2. The molecule has 3 aromatic rings. The van der Waals surface area contributed by atoms with Crippen LogP contribution in [0.15, 0.2) is 59.3 Å². The van der Waals surface area contributed by atoms with Crippen LogP contribution in [0.4, 0.5) is 20.1 Å². The zero-order chi connectivity index (χ0) is 109. The quantitative estimate of drug-likeness (QED) is 0.0108. The van der Waals surface area contributed by atoms with Crippen LogP contribution in [-0.4, -0.2) is 370 Å². The van der Waals surface area contributed by atoms with Gasteiger partial charge in [-0.2, -0.15) is 29.0 Å². The van der Waals surface area contributed by atoms with Crippen molar-refractivity contribution in [1.29, 1.82) is 0 Å². The fraction of sp³-hybridized carbons (Fsp3) is 0.657. The van der Waals surface area contributed by atoms with Gasteiger partial charge < -0.3 is 143 Å². The van der Waals surface area contributed by atoms with Crippen LogP contribution in [0.3, 0.4) is 0 Å². The van der Waals surface area contributed by atoms with Crippen LogP contribution < -0.4 is 57.3 Å². The molecule has 17 unspecified atom stereocenters. The Bertz CT molecular complexity index is 5180. The number of hydrogen-bond donors (Lipinski definition) is 13. The number of urea groups is 1. The van der Waals surface area contributed by atoms with Crippen molar-refractivity contribution >= 4 is 144 Å². The summed E-state index contributed by atoms with van der Waals surface area (Å²) in [7, 11) is 9.50. The number of amides is 8. The number of rotatable bonds is 59. The maximum absolute atomic E-state index is 14.7. The molecule has 9 rings (SSSR count). The molecule has 8 amide bonds. The Morgan fingerprint density at radius 1 is 0.747 bits per heavy atom. The Morgan fingerprint density at radius 3 is 2.09 bits per heavy atom. The zero-order valence-electron chi connectivity index (χ0n) is 87.1. The molecular formula is C99H143IN12O33S5. The van der Waals surface area contributed by atoms with E-state index in [1.165, 1.54) is 56.3 Å². The van der Waals surface area contributed by atoms with Crippen LogP contribution in [0.1, 0.15) is 140 Å². The molecule has 1 aromatic heterocycles. The number of anilines is 1. The number of aromatic nitrogens is 3. The number of hydroxylamine groups is 1. The van der Waals surface area contributed by atoms with Crippen molar-refractivity contribution < 1.29 is 159 Å². The lowest BCUT2D eigenvalue weighted by Crippen LogP contribution is -2.65. The number of ether oxygens (including phenoxy) is 17. The number of thioether (sulfide) groups is 3. The summed E-state index contributed by atoms with van der Waals surface area (Å²) in [5.41, 5.74) is 8.99. The number of hydrogen-bond acceptors (Lipinski definition) is 41. The number of methoxy groups -OCH3 is 5. The molecule has 0 spiro atoms. The van der Waals surface area contributed by atoms with Crippen LogP contribution in [0.2, 0.25) is 0 Å². The van der Waals surface area contributed by atoms with E-state index in [4.69, 9.17) is 91.1 Å². The van der Waals surface area contributed by atoms with Gasteiger partial charge >= 0.3 is 18.2 Å². The molecule has 6 aliphatic rings. The molecule has 45 nitrogen and oxygen atoms in total. The molecule has 4 aliphatic heterocycles. The minimum atomic E-state index is -2.18. The standard InChI is InChI=1S/C99H143IN12O33S5/c1-17-111(74(118)49-104-97(125)138-50-60-25-27-62(28-26-60)105-92(122)61(23-22-33-103-96(101)124)45-67(113)80(54(2)3)106-73(117)30-37-134-40-42-135-38-34-102-72(116)29-36-133-41-43-136-39-35-112-66(53-147-16)64(52-146-15)108-110-112)65-51-137-75(47-71(65)128-10)143-89-84(120)81(57(7)140-95(89)142-70-24-20-18-19-21-32-99(127)48-69(115)82(107-98(126)132-14)78(70)63(99)31-44-148-150-55(4)5)109-145-76-46-68(114)91(59(9)139-76)149-93(123)77-56(6)79(100)87(90(131-13)86(77)129-11)144-94-85(121)88(130-12)83(119)58(8)141-94/h18-19,25-28,31,54-55,57-59,61,65,68,70-71,75-76,80-81,83-85,88-89,91,94-95,109,114,119-121,127H,17,22-23,29-30,33-53H2,1-16H3,(H,102,116)(H,104,125)(H,105,122)(H,106,117)(H,107,126)(H3,101,103,124)/b19-18-,63-31+/t57?,58?,59?,61-,65?,68?,70+,71?,75?,76?,80+,81?,83?,84?,85?,88?,89?,91?,94?,95?,99+/m1/s1. The molecule has 0 saturated carbocycles. The third-order valence-electron chi connectivity index (χ3n) is 24.8. The van der Waals surface area contributed by atoms with Crippen molar-refractivity contribution in [3.8, 4) is 40.9 Å². The number of allylic oxidation sites excluding steroid dienone is 3. The molecule has 14 N–H and O–H groups in total. The van der Waals surface area contributed by atoms with Gasteiger partial charge in [0.15, 0.2) is 47.5 Å². The van der Waals surface area contributed by atoms with Gasteiger partial charge in [-0.15, -0.1) is 5.10 Å². The number of carbonyl (C=O) groups is 10. The molecule has 5 heterocycles. The molecule has 4 saturated heterocycles. The number of halogens is 1. The van der Waals surface area contributed by atoms with E-state index >= 15 is 0 Å². The Balaban J connectivity index is 0.785. The number of carbonyl (C=O) groups excluding carboxylic acids is 10. The predicted octanol–water partition coefficient (Wildman–Crippen LogP) is 5.58. The summed E-state index contributed by atoms with van der Waals surface area (Å²) < 4.78 is 104. The van der Waals surface area contributed by atoms with Crippen LogP contribution in [0.25, 0.3) is 0 Å². The number of nitrogens with one attached hydrogen (secondary N) is 7. The van der Waals surface area contributed by atoms with Gasteiger partial charge in [0.05, 0.1) is 174 Å². The maximum atomic E-state index is 14.7. The van der Waals surface area contributed by atoms with E-state index in [1.54, 1.807) is 113 Å². The SMILES string of the molecule is CCN(C(=O)CNC(=O)OCc1ccc(NC(=O)[C@H](CCCNC(N)=O)CC(=O)[C@@H](NC(=O)CCOCCOCCNC(=O)CCOCCOCCn2nnc(CSC)c2CSC)C(C)C)cc1)C1COC(OC2C(O[C@H]3C#C/C=C\C#C[C@]4(O)CC(=O)C(NC(=O)OC)=C3/C4=C\CSSC(C)C)OC(C)C(NOC3CC(O)C(SC(=O)c4c(C)c(I)c(OC5OC(C)C(O)C(OC)C5O)c(OC)c4OC)C(C)O3)C2O)CC1OC. The molecule has 0 radical (unpaired) electrons. The smallest absolute Gasteiger partial charge is 0.411 e. The number of aliphatic hydroxyl groups excluding tert-OH is 4. The van der Waals surface area contributed by atoms with Crippen molar-refractivity contribution in [1.82, 2.24) is 52.0 Å². The Kier molecular flexibility index (Phi) is 53.2. The Hall–Kier alpha value is -8.26. The second-order valence-corrected chi connectivity index (χ2v) is 43.1. The van der Waals surface area contributed by atoms with Gasteiger partial charge in [0.1, 0.15) is 49.8 Å². The molecule has 4 fully saturated rings. The Morgan fingerprint density at radius 2 is 1.43 bits per heavy atom. The number of likely N-dealkylation sites (N-methyl/N-ethyl adjacent to an activating group) is 1. The van der Waals surface area contributed by atoms with Gasteiger partial charge in [-0.1, -0.05) is 108 Å². The first-order chi connectivity index (χ1) is 71.9. The van der Waals surface area contributed by atoms with E-state index in [0.29, 0.717) is 46.7 Å². The van der Waals surface area contributed by atoms with Crippen LogP contribution in [-0.2, 0) is 125 Å². The summed E-state index contributed by atoms with van der Waals surface area (Å²) in [6.45, 7) is 17.6. The van der Waals surface area contributed by atoms with Gasteiger partial charge in [-0.05, 0) is 124 Å². The van der Waals surface area contributed by atoms with Crippen molar-refractivity contribution in [2.75, 3.05) is 145 Å². The molecule has 150 heavy (non-hydrogen) atoms. The fourth-order valence-electron chi connectivity index (χ4n) is 17.1. The van der Waals surface area contributed by atoms with E-state index in [2.05, 4.69) is 71.4 Å². The molecule has 834 valence electrons. The van der Waals surface area contributed by atoms with Gasteiger partial charge in [0.2, 0.25) is 40.8 Å². The van der Waals surface area contributed by atoms with Crippen molar-refractivity contribution in [2.45, 2.75) is 265 Å². The van der Waals surface area contributed by atoms with Crippen molar-refractivity contribution in [3.05, 3.63) is 91.0 Å². The van der Waals surface area contributed by atoms with E-state index in [0.717, 1.165) is 41.8 Å². The minimum absolute atomic E-state index is 0.0138. The second-order valence-electron chi connectivity index (χ2n) is 36.1. The van der Waals surface area contributed by atoms with Crippen molar-refractivity contribution in [3.63, 3.8) is 0 Å². The average molecular weight is 2320 g/mol. The van der Waals surface area contributed by atoms with E-state index in [1.807, 2.05) is 53.6 Å². The fourth-order valence-corrected chi connectivity index (χ4v) is 21.8. The second kappa shape index (κ2) is 63.7. The van der Waals surface area contributed by atoms with Crippen LogP contribution in [0, 0.1) is 46.0 Å². The van der Waals surface area contributed by atoms with E-state index < -0.39 is 193 Å². The maximum Gasteiger partial charge on any atom is 0.411 e. The third kappa shape index (κ3) is 36.7. The molecular weight excluding hydrogens is 2170 g/mol. The summed E-state index contributed by atoms with van der Waals surface area (Å²) in [6.07, 6.45) is -13.5. The highest BCUT2D eigenvalue weighted by molar-refractivity contribution is 14.1. The third-order valence-corrected chi connectivity index (χ3v) is 31.4. The number of ketones is 2. The van der Waals surface area contributed by atoms with Gasteiger partial charge in [0, 0.05) is 111 Å². The summed E-state index contributed by atoms with van der Waals surface area (Å²) in [5.74, 6) is 9.17. The highest BCUT2D eigenvalue weighted by atomic mass is 127. The zero-order valence-corrected chi connectivity index (χ0v) is 93.3. The van der Waals surface area contributed by atoms with E-state index in [9.17, 15) is 73.5 Å². The Labute approximate surface area is 907 Å². The molecule has 2 bridgehead atoms. The predicted molar refractivity (Wildman–Crippen MR) is 565 cm³/mol. The van der Waals surface area contributed by atoms with Gasteiger partial charge in [-0.3, -0.25) is 43.7 Å². The molecule has 51 heteroatoms. The van der Waals surface area contributed by atoms with Gasteiger partial charge in [-0.25, -0.2) is 19.1 Å². The topological polar surface area (TPSA) is 582 Å². The largest absolute Gasteiger partial charge is 0.492 e. The number of Topliss-reactive ketones (excluding diaryl/α,β-unsaturated/α-hetero) is 2. The first-order valence-corrected chi connectivity index (χ1v) is 56.3. The van der Waals surface area contributed by atoms with Crippen molar-refractivity contribution in [2.24, 2.45) is 17.6 Å². The normalized spacial score (nSPS) is 25.5. The lowest BCUT2D eigenvalue weighted by atomic mass is 9.75. The summed E-state index contributed by atoms with van der Waals surface area (Å²) in [4.78, 5) is 143. The first kappa shape index (κ1) is 125. The summed E-state index contributed by atoms with van der Waals surface area (Å²) in [5, 5.41) is 82.6. The van der Waals surface area contributed by atoms with Crippen LogP contribution >= 0.6 is 79.5 Å². The summed E-state index contributed by atoms with van der Waals surface area (Å²) >= 11 is 6.16. The highest BCUT2D eigenvalue weighted by Gasteiger charge is 2.53. The van der Waals surface area contributed by atoms with E-state index in [-0.39, 0.29) is 173 Å². The number of nitrogens with two attached hydrogens (primary N) is 1. The summed E-state index contributed by atoms with van der Waals surface area (Å²) in [6, 6.07) is 2.48. The highest BCUT2D eigenvalue weighted by Crippen LogP contribution is 2.50. The lowest BCUT2D eigenvalue weighted by molar-refractivity contribution is -0.337. The number of aliphatic hydroxyl groups is 5. The average Bonchev–Trinajstić information content (AvgIpc) is 1.40. The van der Waals surface area contributed by atoms with Gasteiger partial charge in [0.25, 0.3) is 0 Å². The number of benzene rings is 2.